The van der Waals surface area contributed by atoms with E-state index in [0.29, 0.717) is 18.3 Å². The van der Waals surface area contributed by atoms with Gasteiger partial charge in [0.1, 0.15) is 0 Å². The van der Waals surface area contributed by atoms with E-state index in [2.05, 4.69) is 76.4 Å². The lowest BCUT2D eigenvalue weighted by atomic mass is 9.82. The van der Waals surface area contributed by atoms with Gasteiger partial charge in [-0.15, -0.1) is 11.3 Å². The third kappa shape index (κ3) is 4.12. The first-order valence-corrected chi connectivity index (χ1v) is 9.46. The van der Waals surface area contributed by atoms with Crippen LogP contribution in [0.2, 0.25) is 0 Å². The fraction of sp³-hybridized carbons (Fsp3) is 0.333. The van der Waals surface area contributed by atoms with Gasteiger partial charge in [-0.3, -0.25) is 0 Å². The third-order valence-corrected chi connectivity index (χ3v) is 5.40. The average Bonchev–Trinajstić information content (AvgIpc) is 3.16. The first-order chi connectivity index (χ1) is 11.4. The van der Waals surface area contributed by atoms with Gasteiger partial charge in [0.05, 0.1) is 11.4 Å². The van der Waals surface area contributed by atoms with E-state index in [4.69, 9.17) is 4.52 Å². The van der Waals surface area contributed by atoms with Crippen LogP contribution in [0.3, 0.4) is 0 Å². The summed E-state index contributed by atoms with van der Waals surface area (Å²) in [4.78, 5) is 5.48. The molecule has 0 radical (unpaired) electrons. The molecule has 4 nitrogen and oxygen atoms in total. The zero-order valence-electron chi connectivity index (χ0n) is 13.9. The highest BCUT2D eigenvalue weighted by atomic mass is 79.9. The minimum atomic E-state index is 0.0722. The average molecular weight is 406 g/mol. The second-order valence-electron chi connectivity index (χ2n) is 6.73. The predicted octanol–water partition coefficient (Wildman–Crippen LogP) is 5.44. The molecule has 0 bridgehead atoms. The minimum absolute atomic E-state index is 0.0722. The van der Waals surface area contributed by atoms with Crippen LogP contribution < -0.4 is 5.32 Å². The molecule has 1 unspecified atom stereocenters. The molecule has 0 saturated heterocycles. The van der Waals surface area contributed by atoms with Gasteiger partial charge in [-0.1, -0.05) is 56.3 Å². The SMILES string of the molecule is CC(C)(C)C(NCc1nc(-c2cc(Br)cs2)no1)c1ccccc1. The van der Waals surface area contributed by atoms with Gasteiger partial charge in [0, 0.05) is 15.9 Å². The molecular formula is C18H20BrN3OS. The van der Waals surface area contributed by atoms with Crippen molar-refractivity contribution in [2.24, 2.45) is 5.41 Å². The number of benzene rings is 1. The van der Waals surface area contributed by atoms with Crippen LogP contribution in [0, 0.1) is 5.41 Å². The second-order valence-corrected chi connectivity index (χ2v) is 8.56. The van der Waals surface area contributed by atoms with Gasteiger partial charge >= 0.3 is 0 Å². The van der Waals surface area contributed by atoms with E-state index >= 15 is 0 Å². The monoisotopic (exact) mass is 405 g/mol. The van der Waals surface area contributed by atoms with Crippen LogP contribution in [0.4, 0.5) is 0 Å². The maximum atomic E-state index is 5.40. The van der Waals surface area contributed by atoms with Gasteiger partial charge in [0.15, 0.2) is 0 Å². The smallest absolute Gasteiger partial charge is 0.240 e. The molecule has 1 N–H and O–H groups in total. The van der Waals surface area contributed by atoms with Gasteiger partial charge < -0.3 is 9.84 Å². The van der Waals surface area contributed by atoms with Crippen molar-refractivity contribution in [3.63, 3.8) is 0 Å². The van der Waals surface area contributed by atoms with E-state index in [9.17, 15) is 0 Å². The highest BCUT2D eigenvalue weighted by Gasteiger charge is 2.26. The van der Waals surface area contributed by atoms with Crippen molar-refractivity contribution in [3.8, 4) is 10.7 Å². The Kier molecular flexibility index (Phi) is 5.18. The number of nitrogens with one attached hydrogen (secondary N) is 1. The standard InChI is InChI=1S/C18H20BrN3OS/c1-18(2,3)16(12-7-5-4-6-8-12)20-10-15-21-17(22-23-15)14-9-13(19)11-24-14/h4-9,11,16,20H,10H2,1-3H3. The summed E-state index contributed by atoms with van der Waals surface area (Å²) in [7, 11) is 0. The van der Waals surface area contributed by atoms with Crippen molar-refractivity contribution >= 4 is 27.3 Å². The number of nitrogens with zero attached hydrogens (tertiary/aromatic N) is 2. The molecule has 0 fully saturated rings. The van der Waals surface area contributed by atoms with Crippen LogP contribution in [0.5, 0.6) is 0 Å². The highest BCUT2D eigenvalue weighted by molar-refractivity contribution is 9.10. The number of thiophene rings is 1. The highest BCUT2D eigenvalue weighted by Crippen LogP contribution is 2.33. The number of aromatic nitrogens is 2. The van der Waals surface area contributed by atoms with Crippen LogP contribution in [-0.2, 0) is 6.54 Å². The Morgan fingerprint density at radius 3 is 2.62 bits per heavy atom. The number of rotatable bonds is 5. The van der Waals surface area contributed by atoms with Crippen LogP contribution in [0.25, 0.3) is 10.7 Å². The summed E-state index contributed by atoms with van der Waals surface area (Å²) in [5.74, 6) is 1.23. The van der Waals surface area contributed by atoms with E-state index in [1.165, 1.54) is 5.56 Å². The molecule has 1 aromatic carbocycles. The van der Waals surface area contributed by atoms with Gasteiger partial charge in [0.2, 0.25) is 11.7 Å². The topological polar surface area (TPSA) is 51.0 Å². The molecule has 0 aliphatic carbocycles. The Labute approximate surface area is 154 Å². The quantitative estimate of drug-likeness (QED) is 0.613. The number of halogens is 1. The summed E-state index contributed by atoms with van der Waals surface area (Å²) in [6, 6.07) is 12.6. The fourth-order valence-electron chi connectivity index (χ4n) is 2.62. The van der Waals surface area contributed by atoms with Gasteiger partial charge in [-0.25, -0.2) is 0 Å². The lowest BCUT2D eigenvalue weighted by Gasteiger charge is -2.31. The number of hydrogen-bond donors (Lipinski definition) is 1. The van der Waals surface area contributed by atoms with Gasteiger partial charge in [-0.05, 0) is 33.0 Å². The molecule has 3 rings (SSSR count). The van der Waals surface area contributed by atoms with E-state index in [1.807, 2.05) is 17.5 Å². The van der Waals surface area contributed by atoms with Crippen molar-refractivity contribution < 1.29 is 4.52 Å². The molecule has 2 aromatic heterocycles. The first kappa shape index (κ1) is 17.3. The Morgan fingerprint density at radius 2 is 2.00 bits per heavy atom. The lowest BCUT2D eigenvalue weighted by Crippen LogP contribution is -2.32. The Balaban J connectivity index is 1.72. The molecular weight excluding hydrogens is 386 g/mol. The summed E-state index contributed by atoms with van der Waals surface area (Å²) in [6.07, 6.45) is 0. The van der Waals surface area contributed by atoms with E-state index in [1.54, 1.807) is 11.3 Å². The van der Waals surface area contributed by atoms with E-state index < -0.39 is 0 Å². The van der Waals surface area contributed by atoms with Crippen LogP contribution in [0.1, 0.15) is 38.3 Å². The summed E-state index contributed by atoms with van der Waals surface area (Å²) in [5, 5.41) is 9.64. The van der Waals surface area contributed by atoms with E-state index in [-0.39, 0.29) is 11.5 Å². The van der Waals surface area contributed by atoms with Crippen molar-refractivity contribution in [3.05, 3.63) is 57.7 Å². The summed E-state index contributed by atoms with van der Waals surface area (Å²) < 4.78 is 6.43. The summed E-state index contributed by atoms with van der Waals surface area (Å²) >= 11 is 5.03. The maximum absolute atomic E-state index is 5.40. The molecule has 3 aromatic rings. The minimum Gasteiger partial charge on any atom is -0.338 e. The predicted molar refractivity (Wildman–Crippen MR) is 101 cm³/mol. The van der Waals surface area contributed by atoms with Crippen LogP contribution >= 0.6 is 27.3 Å². The fourth-order valence-corrected chi connectivity index (χ4v) is 3.97. The van der Waals surface area contributed by atoms with Crippen LogP contribution in [-0.4, -0.2) is 10.1 Å². The maximum Gasteiger partial charge on any atom is 0.240 e. The molecule has 0 spiro atoms. The molecule has 1 atom stereocenters. The molecule has 6 heteroatoms. The largest absolute Gasteiger partial charge is 0.338 e. The van der Waals surface area contributed by atoms with Crippen molar-refractivity contribution in [1.29, 1.82) is 0 Å². The summed E-state index contributed by atoms with van der Waals surface area (Å²) in [5.41, 5.74) is 1.33. The van der Waals surface area contributed by atoms with E-state index in [0.717, 1.165) is 9.35 Å². The van der Waals surface area contributed by atoms with Gasteiger partial charge in [-0.2, -0.15) is 4.98 Å². The Hall–Kier alpha value is -1.50. The Bertz CT molecular complexity index is 792. The molecule has 0 aliphatic heterocycles. The Morgan fingerprint density at radius 1 is 1.25 bits per heavy atom. The first-order valence-electron chi connectivity index (χ1n) is 7.79. The van der Waals surface area contributed by atoms with Crippen molar-refractivity contribution in [1.82, 2.24) is 15.5 Å². The second kappa shape index (κ2) is 7.17. The molecule has 0 saturated carbocycles. The summed E-state index contributed by atoms with van der Waals surface area (Å²) in [6.45, 7) is 7.20. The third-order valence-electron chi connectivity index (χ3n) is 3.71. The molecule has 126 valence electrons. The molecule has 24 heavy (non-hydrogen) atoms. The molecule has 2 heterocycles. The normalized spacial score (nSPS) is 13.2. The van der Waals surface area contributed by atoms with Crippen molar-refractivity contribution in [2.75, 3.05) is 0 Å². The van der Waals surface area contributed by atoms with Crippen molar-refractivity contribution in [2.45, 2.75) is 33.4 Å². The molecule has 0 amide bonds. The number of hydrogen-bond acceptors (Lipinski definition) is 5. The lowest BCUT2D eigenvalue weighted by molar-refractivity contribution is 0.257. The van der Waals surface area contributed by atoms with Crippen LogP contribution in [0.15, 0.2) is 50.8 Å². The van der Waals surface area contributed by atoms with Gasteiger partial charge in [0.25, 0.3) is 0 Å². The zero-order valence-corrected chi connectivity index (χ0v) is 16.3. The zero-order chi connectivity index (χ0) is 17.2. The molecule has 0 aliphatic rings.